The first-order chi connectivity index (χ1) is 17.2. The summed E-state index contributed by atoms with van der Waals surface area (Å²) in [5.41, 5.74) is 4.97. The van der Waals surface area contributed by atoms with Crippen molar-refractivity contribution in [2.75, 3.05) is 33.6 Å². The van der Waals surface area contributed by atoms with Crippen molar-refractivity contribution in [3.8, 4) is 5.75 Å². The molecule has 4 rings (SSSR count). The number of carbonyl (C=O) groups is 1. The quantitative estimate of drug-likeness (QED) is 0.414. The summed E-state index contributed by atoms with van der Waals surface area (Å²) in [6.07, 6.45) is 1.20. The standard InChI is InChI=1S/C28H32N2O5S/c1-29(14-15-34-2)28(31)23-11-8-21(9-12-23)20-35-26-13-10-22(16-27(26)36(3,32)33)17-30-18-24-6-4-5-7-25(24)19-30/h4-13,16H,14-15,17-20H2,1-3H3. The monoisotopic (exact) mass is 508 g/mol. The zero-order valence-corrected chi connectivity index (χ0v) is 21.8. The minimum Gasteiger partial charge on any atom is -0.488 e. The summed E-state index contributed by atoms with van der Waals surface area (Å²) in [7, 11) is -0.154. The maximum Gasteiger partial charge on any atom is 0.253 e. The van der Waals surface area contributed by atoms with Crippen molar-refractivity contribution in [3.63, 3.8) is 0 Å². The number of rotatable bonds is 10. The van der Waals surface area contributed by atoms with E-state index in [4.69, 9.17) is 9.47 Å². The van der Waals surface area contributed by atoms with Gasteiger partial charge in [-0.15, -0.1) is 0 Å². The smallest absolute Gasteiger partial charge is 0.253 e. The lowest BCUT2D eigenvalue weighted by molar-refractivity contribution is 0.0744. The molecular formula is C28H32N2O5S. The molecule has 0 radical (unpaired) electrons. The van der Waals surface area contributed by atoms with Gasteiger partial charge in [0.05, 0.1) is 6.61 Å². The summed E-state index contributed by atoms with van der Waals surface area (Å²) in [4.78, 5) is 16.6. The van der Waals surface area contributed by atoms with E-state index in [9.17, 15) is 13.2 Å². The van der Waals surface area contributed by atoms with Crippen LogP contribution in [0.15, 0.2) is 71.6 Å². The summed E-state index contributed by atoms with van der Waals surface area (Å²) in [6.45, 7) is 3.53. The number of likely N-dealkylation sites (N-methyl/N-ethyl adjacent to an activating group) is 1. The summed E-state index contributed by atoms with van der Waals surface area (Å²) >= 11 is 0. The van der Waals surface area contributed by atoms with Crippen molar-refractivity contribution in [2.45, 2.75) is 31.1 Å². The van der Waals surface area contributed by atoms with Crippen molar-refractivity contribution in [3.05, 3.63) is 94.5 Å². The van der Waals surface area contributed by atoms with Gasteiger partial charge in [-0.05, 0) is 46.5 Å². The van der Waals surface area contributed by atoms with Crippen LogP contribution in [0.1, 0.15) is 32.6 Å². The number of sulfone groups is 1. The predicted octanol–water partition coefficient (Wildman–Crippen LogP) is 3.90. The Morgan fingerprint density at radius 3 is 2.22 bits per heavy atom. The van der Waals surface area contributed by atoms with Gasteiger partial charge in [-0.2, -0.15) is 0 Å². The van der Waals surface area contributed by atoms with Crippen molar-refractivity contribution >= 4 is 15.7 Å². The molecule has 0 bridgehead atoms. The van der Waals surface area contributed by atoms with Crippen LogP contribution in [0.2, 0.25) is 0 Å². The number of nitrogens with zero attached hydrogens (tertiary/aromatic N) is 2. The molecule has 0 atom stereocenters. The molecule has 1 heterocycles. The normalized spacial score (nSPS) is 13.4. The van der Waals surface area contributed by atoms with Crippen LogP contribution in [0, 0.1) is 0 Å². The second-order valence-electron chi connectivity index (χ2n) is 9.17. The number of amides is 1. The molecule has 0 unspecified atom stereocenters. The predicted molar refractivity (Wildman–Crippen MR) is 139 cm³/mol. The van der Waals surface area contributed by atoms with Crippen LogP contribution < -0.4 is 4.74 Å². The van der Waals surface area contributed by atoms with Crippen LogP contribution in [0.25, 0.3) is 0 Å². The number of methoxy groups -OCH3 is 1. The third-order valence-electron chi connectivity index (χ3n) is 6.29. The van der Waals surface area contributed by atoms with E-state index in [2.05, 4.69) is 17.0 Å². The third-order valence-corrected chi connectivity index (χ3v) is 7.41. The fraction of sp³-hybridized carbons (Fsp3) is 0.321. The van der Waals surface area contributed by atoms with Gasteiger partial charge in [0.25, 0.3) is 5.91 Å². The highest BCUT2D eigenvalue weighted by Gasteiger charge is 2.21. The molecule has 0 saturated heterocycles. The molecule has 0 spiro atoms. The second-order valence-corrected chi connectivity index (χ2v) is 11.2. The molecule has 190 valence electrons. The van der Waals surface area contributed by atoms with Gasteiger partial charge in [-0.1, -0.05) is 42.5 Å². The van der Waals surface area contributed by atoms with E-state index in [0.717, 1.165) is 24.2 Å². The number of carbonyl (C=O) groups excluding carboxylic acids is 1. The van der Waals surface area contributed by atoms with Crippen LogP contribution in [-0.4, -0.2) is 57.7 Å². The van der Waals surface area contributed by atoms with E-state index in [1.807, 2.05) is 30.3 Å². The van der Waals surface area contributed by atoms with Crippen molar-refractivity contribution in [1.82, 2.24) is 9.80 Å². The molecular weight excluding hydrogens is 476 g/mol. The largest absolute Gasteiger partial charge is 0.488 e. The lowest BCUT2D eigenvalue weighted by atomic mass is 10.1. The zero-order valence-electron chi connectivity index (χ0n) is 20.9. The Morgan fingerprint density at radius 1 is 0.972 bits per heavy atom. The lowest BCUT2D eigenvalue weighted by Gasteiger charge is -2.17. The average molecular weight is 509 g/mol. The molecule has 0 fully saturated rings. The van der Waals surface area contributed by atoms with Gasteiger partial charge in [-0.3, -0.25) is 9.69 Å². The van der Waals surface area contributed by atoms with Crippen LogP contribution in [0.3, 0.4) is 0 Å². The van der Waals surface area contributed by atoms with E-state index in [-0.39, 0.29) is 17.4 Å². The van der Waals surface area contributed by atoms with E-state index in [1.165, 1.54) is 17.4 Å². The topological polar surface area (TPSA) is 76.2 Å². The summed E-state index contributed by atoms with van der Waals surface area (Å²) in [6, 6.07) is 20.9. The Hall–Kier alpha value is -3.20. The minimum atomic E-state index is -3.49. The van der Waals surface area contributed by atoms with Crippen molar-refractivity contribution in [1.29, 1.82) is 0 Å². The summed E-state index contributed by atoms with van der Waals surface area (Å²) < 4.78 is 36.0. The number of ether oxygens (including phenoxy) is 2. The molecule has 3 aromatic rings. The number of hydrogen-bond acceptors (Lipinski definition) is 6. The number of benzene rings is 3. The molecule has 1 amide bonds. The van der Waals surface area contributed by atoms with Crippen molar-refractivity contribution < 1.29 is 22.7 Å². The van der Waals surface area contributed by atoms with Crippen molar-refractivity contribution in [2.24, 2.45) is 0 Å². The van der Waals surface area contributed by atoms with Gasteiger partial charge in [0.2, 0.25) is 0 Å². The van der Waals surface area contributed by atoms with E-state index in [0.29, 0.717) is 31.0 Å². The Morgan fingerprint density at radius 2 is 1.61 bits per heavy atom. The van der Waals surface area contributed by atoms with Gasteiger partial charge < -0.3 is 14.4 Å². The highest BCUT2D eigenvalue weighted by Crippen LogP contribution is 2.29. The highest BCUT2D eigenvalue weighted by molar-refractivity contribution is 7.90. The van der Waals surface area contributed by atoms with Crippen LogP contribution >= 0.6 is 0 Å². The molecule has 1 aliphatic rings. The second kappa shape index (κ2) is 11.2. The van der Waals surface area contributed by atoms with Crippen LogP contribution in [-0.2, 0) is 40.8 Å². The van der Waals surface area contributed by atoms with Crippen LogP contribution in [0.4, 0.5) is 0 Å². The molecule has 7 nitrogen and oxygen atoms in total. The van der Waals surface area contributed by atoms with Gasteiger partial charge in [0.15, 0.2) is 9.84 Å². The molecule has 36 heavy (non-hydrogen) atoms. The molecule has 0 N–H and O–H groups in total. The SMILES string of the molecule is COCCN(C)C(=O)c1ccc(COc2ccc(CN3Cc4ccccc4C3)cc2S(C)(=O)=O)cc1. The molecule has 1 aliphatic heterocycles. The first-order valence-corrected chi connectivity index (χ1v) is 13.7. The Balaban J connectivity index is 1.42. The lowest BCUT2D eigenvalue weighted by Crippen LogP contribution is -2.29. The average Bonchev–Trinajstić information content (AvgIpc) is 3.28. The Kier molecular flexibility index (Phi) is 8.08. The van der Waals surface area contributed by atoms with Gasteiger partial charge in [0, 0.05) is 52.2 Å². The maximum atomic E-state index is 12.5. The summed E-state index contributed by atoms with van der Waals surface area (Å²) in [5.74, 6) is 0.237. The third kappa shape index (κ3) is 6.32. The van der Waals surface area contributed by atoms with E-state index < -0.39 is 9.84 Å². The number of hydrogen-bond donors (Lipinski definition) is 0. The molecule has 8 heteroatoms. The molecule has 0 aromatic heterocycles. The fourth-order valence-electron chi connectivity index (χ4n) is 4.29. The first kappa shape index (κ1) is 25.9. The number of fused-ring (bicyclic) bond motifs is 1. The zero-order chi connectivity index (χ0) is 25.7. The first-order valence-electron chi connectivity index (χ1n) is 11.8. The molecule has 0 saturated carbocycles. The Bertz CT molecular complexity index is 1300. The molecule has 3 aromatic carbocycles. The van der Waals surface area contributed by atoms with Gasteiger partial charge in [-0.25, -0.2) is 8.42 Å². The maximum absolute atomic E-state index is 12.5. The Labute approximate surface area is 213 Å². The van der Waals surface area contributed by atoms with E-state index >= 15 is 0 Å². The van der Waals surface area contributed by atoms with Gasteiger partial charge >= 0.3 is 0 Å². The van der Waals surface area contributed by atoms with Crippen LogP contribution in [0.5, 0.6) is 5.75 Å². The highest BCUT2D eigenvalue weighted by atomic mass is 32.2. The van der Waals surface area contributed by atoms with Gasteiger partial charge in [0.1, 0.15) is 17.3 Å². The molecule has 0 aliphatic carbocycles. The fourth-order valence-corrected chi connectivity index (χ4v) is 5.15. The summed E-state index contributed by atoms with van der Waals surface area (Å²) in [5, 5.41) is 0. The minimum absolute atomic E-state index is 0.0874. The van der Waals surface area contributed by atoms with E-state index in [1.54, 1.807) is 43.3 Å².